The molecule has 2 aliphatic rings. The van der Waals surface area contributed by atoms with E-state index in [0.717, 1.165) is 11.1 Å². The third kappa shape index (κ3) is 5.75. The van der Waals surface area contributed by atoms with Gasteiger partial charge in [-0.2, -0.15) is 0 Å². The van der Waals surface area contributed by atoms with Gasteiger partial charge < -0.3 is 10.2 Å². The first-order valence-electron chi connectivity index (χ1n) is 12.5. The molecule has 0 aromatic heterocycles. The van der Waals surface area contributed by atoms with E-state index in [9.17, 15) is 29.4 Å². The van der Waals surface area contributed by atoms with Crippen LogP contribution in [0.4, 0.5) is 0 Å². The topological polar surface area (TPSA) is 109 Å². The molecule has 36 heavy (non-hydrogen) atoms. The van der Waals surface area contributed by atoms with Gasteiger partial charge in [-0.05, 0) is 79.1 Å². The molecule has 0 spiro atoms. The van der Waals surface area contributed by atoms with Gasteiger partial charge in [0.15, 0.2) is 0 Å². The summed E-state index contributed by atoms with van der Waals surface area (Å²) < 4.78 is 0. The van der Waals surface area contributed by atoms with Crippen molar-refractivity contribution < 1.29 is 29.4 Å². The van der Waals surface area contributed by atoms with Gasteiger partial charge in [0.2, 0.25) is 23.1 Å². The monoisotopic (exact) mass is 494 g/mol. The lowest BCUT2D eigenvalue weighted by Gasteiger charge is -2.28. The number of aliphatic hydroxyl groups excluding tert-OH is 2. The van der Waals surface area contributed by atoms with Crippen molar-refractivity contribution in [2.75, 3.05) is 0 Å². The minimum absolute atomic E-state index is 0.0293. The molecule has 2 rings (SSSR count). The van der Waals surface area contributed by atoms with Gasteiger partial charge in [-0.25, -0.2) is 0 Å². The molecule has 0 saturated carbocycles. The number of rotatable bonds is 9. The lowest BCUT2D eigenvalue weighted by Crippen LogP contribution is -2.33. The Morgan fingerprint density at radius 2 is 0.944 bits per heavy atom. The van der Waals surface area contributed by atoms with Gasteiger partial charge in [0, 0.05) is 33.4 Å². The summed E-state index contributed by atoms with van der Waals surface area (Å²) >= 11 is 0. The van der Waals surface area contributed by atoms with Crippen LogP contribution in [0.25, 0.3) is 0 Å². The van der Waals surface area contributed by atoms with Crippen LogP contribution in [0, 0.1) is 11.8 Å². The van der Waals surface area contributed by atoms with Crippen molar-refractivity contribution in [2.45, 2.75) is 81.1 Å². The van der Waals surface area contributed by atoms with Crippen molar-refractivity contribution >= 4 is 23.1 Å². The summed E-state index contributed by atoms with van der Waals surface area (Å²) in [5.41, 5.74) is 1.97. The molecular weight excluding hydrogens is 456 g/mol. The van der Waals surface area contributed by atoms with Crippen LogP contribution < -0.4 is 0 Å². The van der Waals surface area contributed by atoms with E-state index >= 15 is 0 Å². The minimum atomic E-state index is -0.789. The average Bonchev–Trinajstić information content (AvgIpc) is 2.78. The first kappa shape index (κ1) is 29.0. The highest BCUT2D eigenvalue weighted by molar-refractivity contribution is 6.52. The fourth-order valence-corrected chi connectivity index (χ4v) is 4.71. The van der Waals surface area contributed by atoms with Crippen molar-refractivity contribution in [3.8, 4) is 0 Å². The molecule has 2 aliphatic carbocycles. The Balaban J connectivity index is 2.67. The largest absolute Gasteiger partial charge is 0.507 e. The highest BCUT2D eigenvalue weighted by atomic mass is 16.3. The maximum atomic E-state index is 13.0. The van der Waals surface area contributed by atoms with Crippen LogP contribution in [0.15, 0.2) is 68.3 Å². The Kier molecular flexibility index (Phi) is 9.36. The number of carbonyl (C=O) groups is 4. The van der Waals surface area contributed by atoms with Crippen LogP contribution in [0.1, 0.15) is 81.1 Å². The van der Waals surface area contributed by atoms with Crippen molar-refractivity contribution in [1.82, 2.24) is 0 Å². The van der Waals surface area contributed by atoms with E-state index in [1.165, 1.54) is 13.8 Å². The normalized spacial score (nSPS) is 18.8. The van der Waals surface area contributed by atoms with E-state index in [-0.39, 0.29) is 33.4 Å². The highest BCUT2D eigenvalue weighted by Gasteiger charge is 2.42. The van der Waals surface area contributed by atoms with Crippen LogP contribution in [-0.2, 0) is 19.2 Å². The quantitative estimate of drug-likeness (QED) is 0.221. The number of aliphatic hydroxyl groups is 2. The second-order valence-corrected chi connectivity index (χ2v) is 10.4. The number of hydrogen-bond acceptors (Lipinski definition) is 6. The summed E-state index contributed by atoms with van der Waals surface area (Å²) in [6, 6.07) is 0. The summed E-state index contributed by atoms with van der Waals surface area (Å²) in [6.07, 6.45) is 6.40. The smallest absolute Gasteiger partial charge is 0.233 e. The Hall–Kier alpha value is -3.28. The highest BCUT2D eigenvalue weighted by Crippen LogP contribution is 2.41. The van der Waals surface area contributed by atoms with E-state index in [4.69, 9.17) is 0 Å². The fourth-order valence-electron chi connectivity index (χ4n) is 4.71. The van der Waals surface area contributed by atoms with Crippen molar-refractivity contribution in [1.29, 1.82) is 0 Å². The number of hydrogen-bond donors (Lipinski definition) is 2. The van der Waals surface area contributed by atoms with Crippen LogP contribution in [0.2, 0.25) is 0 Å². The van der Waals surface area contributed by atoms with Crippen molar-refractivity contribution in [3.63, 3.8) is 0 Å². The lowest BCUT2D eigenvalue weighted by molar-refractivity contribution is -0.133. The lowest BCUT2D eigenvalue weighted by atomic mass is 9.74. The van der Waals surface area contributed by atoms with Crippen molar-refractivity contribution in [3.05, 3.63) is 68.3 Å². The second kappa shape index (κ2) is 11.6. The van der Waals surface area contributed by atoms with Gasteiger partial charge in [-0.1, -0.05) is 37.1 Å². The summed E-state index contributed by atoms with van der Waals surface area (Å²) in [5, 5.41) is 22.6. The van der Waals surface area contributed by atoms with Crippen molar-refractivity contribution in [2.24, 2.45) is 11.8 Å². The molecule has 0 amide bonds. The third-order valence-electron chi connectivity index (χ3n) is 6.86. The van der Waals surface area contributed by atoms with Gasteiger partial charge >= 0.3 is 0 Å². The first-order chi connectivity index (χ1) is 16.7. The number of carbonyl (C=O) groups excluding carboxylic acids is 4. The van der Waals surface area contributed by atoms with Gasteiger partial charge in [0.05, 0.1) is 0 Å². The average molecular weight is 495 g/mol. The molecule has 6 nitrogen and oxygen atoms in total. The number of allylic oxidation sites excluding steroid dienone is 10. The maximum Gasteiger partial charge on any atom is 0.233 e. The molecule has 0 saturated heterocycles. The fraction of sp³-hybridized carbons (Fsp3) is 0.467. The van der Waals surface area contributed by atoms with E-state index < -0.39 is 46.5 Å². The van der Waals surface area contributed by atoms with E-state index in [1.54, 1.807) is 13.8 Å². The first-order valence-corrected chi connectivity index (χ1v) is 12.5. The minimum Gasteiger partial charge on any atom is -0.507 e. The molecular formula is C30H38O6. The Bertz CT molecular complexity index is 1090. The van der Waals surface area contributed by atoms with Gasteiger partial charge in [0.25, 0.3) is 0 Å². The van der Waals surface area contributed by atoms with Gasteiger partial charge in [-0.15, -0.1) is 0 Å². The van der Waals surface area contributed by atoms with E-state index in [2.05, 4.69) is 0 Å². The zero-order chi connectivity index (χ0) is 27.5. The second-order valence-electron chi connectivity index (χ2n) is 10.4. The molecule has 6 heteroatoms. The van der Waals surface area contributed by atoms with Crippen LogP contribution >= 0.6 is 0 Å². The molecule has 0 unspecified atom stereocenters. The molecule has 0 aromatic carbocycles. The molecule has 0 bridgehead atoms. The van der Waals surface area contributed by atoms with Crippen LogP contribution in [0.5, 0.6) is 0 Å². The molecule has 0 aliphatic heterocycles. The zero-order valence-corrected chi connectivity index (χ0v) is 22.7. The molecule has 0 fully saturated rings. The molecule has 0 aromatic rings. The van der Waals surface area contributed by atoms with Gasteiger partial charge in [-0.3, -0.25) is 19.2 Å². The third-order valence-corrected chi connectivity index (χ3v) is 6.86. The predicted molar refractivity (Wildman–Crippen MR) is 140 cm³/mol. The van der Waals surface area contributed by atoms with E-state index in [0.29, 0.717) is 25.7 Å². The van der Waals surface area contributed by atoms with E-state index in [1.807, 2.05) is 39.8 Å². The Labute approximate surface area is 213 Å². The Morgan fingerprint density at radius 3 is 1.22 bits per heavy atom. The Morgan fingerprint density at radius 1 is 0.639 bits per heavy atom. The summed E-state index contributed by atoms with van der Waals surface area (Å²) in [5.74, 6) is -4.85. The summed E-state index contributed by atoms with van der Waals surface area (Å²) in [4.78, 5) is 51.7. The predicted octanol–water partition coefficient (Wildman–Crippen LogP) is 6.31. The summed E-state index contributed by atoms with van der Waals surface area (Å²) in [6.45, 7) is 14.2. The molecule has 194 valence electrons. The molecule has 2 N–H and O–H groups in total. The zero-order valence-electron chi connectivity index (χ0n) is 22.7. The number of Topliss-reactive ketones (excluding diaryl/α,β-unsaturated/α-hetero) is 4. The number of ketones is 4. The van der Waals surface area contributed by atoms with Crippen LogP contribution in [0.3, 0.4) is 0 Å². The van der Waals surface area contributed by atoms with Gasteiger partial charge in [0.1, 0.15) is 11.5 Å². The maximum absolute atomic E-state index is 13.0. The standard InChI is InChI=1S/C30H38O6/c1-15(2)11-9-13-17(5)21-27(33)23(19(7)25(31)29(21)35)24-20(8)26(32)30(36)22(28(24)34)18(6)14-10-12-16(3)4/h11-12,17-18,33-34H,9-10,13-14H2,1-8H3/t17-,18+. The SMILES string of the molecule is CC(C)=CCC[C@@H](C)C1=C(O)C(C2=C(C)C(=O)C(=O)C([C@@H](C)CCC=C(C)C)=C2O)=C(C)C(=O)C1=O. The molecule has 2 atom stereocenters. The molecule has 0 heterocycles. The summed E-state index contributed by atoms with van der Waals surface area (Å²) in [7, 11) is 0. The molecule has 0 radical (unpaired) electrons. The van der Waals surface area contributed by atoms with Crippen LogP contribution in [-0.4, -0.2) is 33.3 Å².